The number of rotatable bonds is 3. The molecule has 0 radical (unpaired) electrons. The summed E-state index contributed by atoms with van der Waals surface area (Å²) in [6.07, 6.45) is 0.399. The quantitative estimate of drug-likeness (QED) is 0.779. The predicted octanol–water partition coefficient (Wildman–Crippen LogP) is 1.31. The summed E-state index contributed by atoms with van der Waals surface area (Å²) >= 11 is 0. The van der Waals surface area contributed by atoms with Crippen molar-refractivity contribution in [1.29, 1.82) is 0 Å². The average molecular weight is 293 g/mol. The van der Waals surface area contributed by atoms with E-state index in [2.05, 4.69) is 15.4 Å². The van der Waals surface area contributed by atoms with Crippen molar-refractivity contribution in [2.45, 2.75) is 18.4 Å². The molecule has 0 bridgehead atoms. The van der Waals surface area contributed by atoms with Gasteiger partial charge in [0.2, 0.25) is 5.91 Å². The zero-order chi connectivity index (χ0) is 15.3. The molecule has 0 saturated carbocycles. The summed E-state index contributed by atoms with van der Waals surface area (Å²) in [5.41, 5.74) is 6.28. The van der Waals surface area contributed by atoms with Gasteiger partial charge in [-0.2, -0.15) is 0 Å². The number of nitrogens with one attached hydrogen (secondary N) is 2. The van der Waals surface area contributed by atoms with Gasteiger partial charge in [-0.15, -0.1) is 0 Å². The largest absolute Gasteiger partial charge is 0.453 e. The van der Waals surface area contributed by atoms with E-state index in [0.29, 0.717) is 37.4 Å². The minimum Gasteiger partial charge on any atom is -0.453 e. The lowest BCUT2D eigenvalue weighted by Crippen LogP contribution is -2.54. The van der Waals surface area contributed by atoms with Gasteiger partial charge < -0.3 is 20.5 Å². The van der Waals surface area contributed by atoms with Gasteiger partial charge >= 0.3 is 6.09 Å². The zero-order valence-electron chi connectivity index (χ0n) is 11.8. The van der Waals surface area contributed by atoms with E-state index in [1.165, 1.54) is 7.11 Å². The van der Waals surface area contributed by atoms with Crippen LogP contribution in [0.1, 0.15) is 12.8 Å². The lowest BCUT2D eigenvalue weighted by Gasteiger charge is -2.31. The Morgan fingerprint density at radius 3 is 2.48 bits per heavy atom. The Labute approximate surface area is 122 Å². The fourth-order valence-electron chi connectivity index (χ4n) is 2.06. The van der Waals surface area contributed by atoms with Crippen molar-refractivity contribution in [3.05, 3.63) is 24.3 Å². The molecule has 1 aliphatic heterocycles. The van der Waals surface area contributed by atoms with E-state index in [9.17, 15) is 9.59 Å². The fourth-order valence-corrected chi connectivity index (χ4v) is 2.06. The molecule has 4 N–H and O–H groups in total. The van der Waals surface area contributed by atoms with Crippen LogP contribution in [0, 0.1) is 0 Å². The first-order chi connectivity index (χ1) is 10.0. The lowest BCUT2D eigenvalue weighted by molar-refractivity contribution is -0.124. The zero-order valence-corrected chi connectivity index (χ0v) is 11.8. The van der Waals surface area contributed by atoms with Crippen LogP contribution in [0.4, 0.5) is 16.2 Å². The summed E-state index contributed by atoms with van der Waals surface area (Å²) < 4.78 is 9.73. The molecule has 0 atom stereocenters. The summed E-state index contributed by atoms with van der Waals surface area (Å²) in [6, 6.07) is 6.77. The Morgan fingerprint density at radius 2 is 1.86 bits per heavy atom. The first-order valence-corrected chi connectivity index (χ1v) is 6.67. The fraction of sp³-hybridized carbons (Fsp3) is 0.429. The third-order valence-corrected chi connectivity index (χ3v) is 3.39. The minimum absolute atomic E-state index is 0.249. The number of carbonyl (C=O) groups excluding carboxylic acids is 2. The monoisotopic (exact) mass is 293 g/mol. The number of methoxy groups -OCH3 is 1. The van der Waals surface area contributed by atoms with Crippen molar-refractivity contribution in [3.63, 3.8) is 0 Å². The molecule has 1 fully saturated rings. The summed E-state index contributed by atoms with van der Waals surface area (Å²) in [4.78, 5) is 23.4. The molecular formula is C14H19N3O4. The van der Waals surface area contributed by atoms with Crippen molar-refractivity contribution in [2.24, 2.45) is 5.73 Å². The Hall–Kier alpha value is -2.12. The van der Waals surface area contributed by atoms with E-state index in [-0.39, 0.29) is 5.91 Å². The van der Waals surface area contributed by atoms with Crippen LogP contribution in [0.5, 0.6) is 0 Å². The molecule has 7 heteroatoms. The van der Waals surface area contributed by atoms with Gasteiger partial charge in [-0.3, -0.25) is 10.1 Å². The molecule has 21 heavy (non-hydrogen) atoms. The van der Waals surface area contributed by atoms with E-state index in [0.717, 1.165) is 0 Å². The number of amides is 2. The van der Waals surface area contributed by atoms with Crippen LogP contribution in [0.2, 0.25) is 0 Å². The maximum atomic E-state index is 12.3. The molecule has 0 unspecified atom stereocenters. The van der Waals surface area contributed by atoms with Crippen LogP contribution in [0.15, 0.2) is 24.3 Å². The standard InChI is InChI=1S/C14H19N3O4/c1-20-13(19)17-11-4-2-3-10(9-11)16-12(18)14(15)5-7-21-8-6-14/h2-4,9H,5-8,15H2,1H3,(H,16,18)(H,17,19). The SMILES string of the molecule is COC(=O)Nc1cccc(NC(=O)C2(N)CCOCC2)c1. The summed E-state index contributed by atoms with van der Waals surface area (Å²) in [5.74, 6) is -0.249. The molecule has 1 heterocycles. The van der Waals surface area contributed by atoms with Gasteiger partial charge in [0.05, 0.1) is 7.11 Å². The van der Waals surface area contributed by atoms with E-state index < -0.39 is 11.6 Å². The molecule has 1 aliphatic rings. The molecule has 0 spiro atoms. The summed E-state index contributed by atoms with van der Waals surface area (Å²) in [5, 5.41) is 5.30. The van der Waals surface area contributed by atoms with Gasteiger partial charge in [0.15, 0.2) is 0 Å². The van der Waals surface area contributed by atoms with Crippen LogP contribution in [0.3, 0.4) is 0 Å². The molecular weight excluding hydrogens is 274 g/mol. The highest BCUT2D eigenvalue weighted by Crippen LogP contribution is 2.21. The average Bonchev–Trinajstić information content (AvgIpc) is 2.48. The number of carbonyl (C=O) groups is 2. The van der Waals surface area contributed by atoms with Crippen molar-refractivity contribution >= 4 is 23.4 Å². The molecule has 2 rings (SSSR count). The number of anilines is 2. The van der Waals surface area contributed by atoms with Gasteiger partial charge in [0, 0.05) is 24.6 Å². The molecule has 1 aromatic rings. The smallest absolute Gasteiger partial charge is 0.411 e. The highest BCUT2D eigenvalue weighted by Gasteiger charge is 2.35. The van der Waals surface area contributed by atoms with Crippen molar-refractivity contribution in [3.8, 4) is 0 Å². The topological polar surface area (TPSA) is 103 Å². The van der Waals surface area contributed by atoms with Gasteiger partial charge in [0.25, 0.3) is 0 Å². The Bertz CT molecular complexity index is 527. The Balaban J connectivity index is 2.03. The molecule has 1 saturated heterocycles. The van der Waals surface area contributed by atoms with E-state index in [1.54, 1.807) is 24.3 Å². The third-order valence-electron chi connectivity index (χ3n) is 3.39. The first-order valence-electron chi connectivity index (χ1n) is 6.67. The number of hydrogen-bond acceptors (Lipinski definition) is 5. The second kappa shape index (κ2) is 6.55. The van der Waals surface area contributed by atoms with Gasteiger partial charge in [-0.1, -0.05) is 6.07 Å². The van der Waals surface area contributed by atoms with Crippen molar-refractivity contribution < 1.29 is 19.1 Å². The maximum absolute atomic E-state index is 12.3. The van der Waals surface area contributed by atoms with Crippen LogP contribution in [-0.4, -0.2) is 37.9 Å². The predicted molar refractivity (Wildman–Crippen MR) is 78.1 cm³/mol. The molecule has 7 nitrogen and oxygen atoms in total. The number of nitrogens with two attached hydrogens (primary N) is 1. The second-order valence-electron chi connectivity index (χ2n) is 4.92. The highest BCUT2D eigenvalue weighted by atomic mass is 16.5. The molecule has 0 aromatic heterocycles. The molecule has 0 aliphatic carbocycles. The number of ether oxygens (including phenoxy) is 2. The van der Waals surface area contributed by atoms with Crippen molar-refractivity contribution in [2.75, 3.05) is 31.0 Å². The maximum Gasteiger partial charge on any atom is 0.411 e. The van der Waals surface area contributed by atoms with Crippen LogP contribution < -0.4 is 16.4 Å². The van der Waals surface area contributed by atoms with Gasteiger partial charge in [-0.25, -0.2) is 4.79 Å². The highest BCUT2D eigenvalue weighted by molar-refractivity contribution is 5.98. The minimum atomic E-state index is -0.913. The lowest BCUT2D eigenvalue weighted by atomic mass is 9.90. The van der Waals surface area contributed by atoms with E-state index >= 15 is 0 Å². The normalized spacial score (nSPS) is 16.9. The first kappa shape index (κ1) is 15.3. The second-order valence-corrected chi connectivity index (χ2v) is 4.92. The van der Waals surface area contributed by atoms with Gasteiger partial charge in [-0.05, 0) is 31.0 Å². The van der Waals surface area contributed by atoms with Crippen LogP contribution in [-0.2, 0) is 14.3 Å². The van der Waals surface area contributed by atoms with Crippen LogP contribution in [0.25, 0.3) is 0 Å². The number of benzene rings is 1. The van der Waals surface area contributed by atoms with Gasteiger partial charge in [0.1, 0.15) is 5.54 Å². The molecule has 1 aromatic carbocycles. The number of hydrogen-bond donors (Lipinski definition) is 3. The van der Waals surface area contributed by atoms with Crippen molar-refractivity contribution in [1.82, 2.24) is 0 Å². The Kier molecular flexibility index (Phi) is 4.77. The summed E-state index contributed by atoms with van der Waals surface area (Å²) in [7, 11) is 1.28. The van der Waals surface area contributed by atoms with Crippen LogP contribution >= 0.6 is 0 Å². The Morgan fingerprint density at radius 1 is 1.24 bits per heavy atom. The van der Waals surface area contributed by atoms with E-state index in [4.69, 9.17) is 10.5 Å². The van der Waals surface area contributed by atoms with E-state index in [1.807, 2.05) is 0 Å². The third kappa shape index (κ3) is 3.93. The molecule has 114 valence electrons. The summed E-state index contributed by atoms with van der Waals surface area (Å²) in [6.45, 7) is 0.960. The molecule has 2 amide bonds.